The Bertz CT molecular complexity index is 1210. The third-order valence-corrected chi connectivity index (χ3v) is 6.70. The first-order chi connectivity index (χ1) is 17.6. The maximum atomic E-state index is 14.9. The molecule has 0 amide bonds. The molecule has 0 atom stereocenters. The molecule has 0 N–H and O–H groups in total. The van der Waals surface area contributed by atoms with Gasteiger partial charge in [0.15, 0.2) is 29.1 Å². The SMILES string of the molecule is CCOCC1CCC(c2ccc(-c3ccc(C(F)(F)Oc4cc(F)c(F)c(F)c4)c(F)c3F)cc2)CC1. The lowest BCUT2D eigenvalue weighted by Crippen LogP contribution is -2.24. The second kappa shape index (κ2) is 11.1. The number of hydrogen-bond acceptors (Lipinski definition) is 2. The number of benzene rings is 3. The van der Waals surface area contributed by atoms with Crippen LogP contribution >= 0.6 is 0 Å². The zero-order valence-electron chi connectivity index (χ0n) is 20.0. The Morgan fingerprint density at radius 2 is 1.41 bits per heavy atom. The van der Waals surface area contributed by atoms with Crippen molar-refractivity contribution < 1.29 is 40.2 Å². The van der Waals surface area contributed by atoms with Crippen LogP contribution in [0.4, 0.5) is 30.7 Å². The third-order valence-electron chi connectivity index (χ3n) is 6.70. The van der Waals surface area contributed by atoms with Crippen LogP contribution in [0.2, 0.25) is 0 Å². The Morgan fingerprint density at radius 1 is 0.784 bits per heavy atom. The van der Waals surface area contributed by atoms with Crippen molar-refractivity contribution in [3.8, 4) is 16.9 Å². The summed E-state index contributed by atoms with van der Waals surface area (Å²) < 4.78 is 108. The summed E-state index contributed by atoms with van der Waals surface area (Å²) in [4.78, 5) is 0. The smallest absolute Gasteiger partial charge is 0.429 e. The second-order valence-electron chi connectivity index (χ2n) is 9.11. The summed E-state index contributed by atoms with van der Waals surface area (Å²) in [5.74, 6) is -9.03. The van der Waals surface area contributed by atoms with Gasteiger partial charge in [0.2, 0.25) is 0 Å². The van der Waals surface area contributed by atoms with Crippen molar-refractivity contribution in [2.45, 2.75) is 44.6 Å². The molecule has 1 aliphatic carbocycles. The van der Waals surface area contributed by atoms with Crippen LogP contribution in [0.3, 0.4) is 0 Å². The molecule has 3 aromatic rings. The van der Waals surface area contributed by atoms with E-state index in [0.29, 0.717) is 30.1 Å². The van der Waals surface area contributed by atoms with E-state index in [-0.39, 0.29) is 17.7 Å². The van der Waals surface area contributed by atoms with Gasteiger partial charge in [-0.1, -0.05) is 30.3 Å². The van der Waals surface area contributed by atoms with Gasteiger partial charge < -0.3 is 9.47 Å². The topological polar surface area (TPSA) is 18.5 Å². The van der Waals surface area contributed by atoms with E-state index >= 15 is 0 Å². The van der Waals surface area contributed by atoms with Crippen molar-refractivity contribution in [3.63, 3.8) is 0 Å². The first-order valence-corrected chi connectivity index (χ1v) is 12.0. The van der Waals surface area contributed by atoms with Crippen LogP contribution in [0.5, 0.6) is 5.75 Å². The zero-order valence-corrected chi connectivity index (χ0v) is 20.0. The van der Waals surface area contributed by atoms with Crippen LogP contribution in [0, 0.1) is 35.0 Å². The van der Waals surface area contributed by atoms with Gasteiger partial charge in [0.1, 0.15) is 11.3 Å². The highest BCUT2D eigenvalue weighted by molar-refractivity contribution is 5.65. The van der Waals surface area contributed by atoms with Crippen LogP contribution in [-0.4, -0.2) is 13.2 Å². The first-order valence-electron chi connectivity index (χ1n) is 12.0. The van der Waals surface area contributed by atoms with Gasteiger partial charge in [-0.25, -0.2) is 22.0 Å². The lowest BCUT2D eigenvalue weighted by Gasteiger charge is -2.28. The molecule has 1 aliphatic rings. The molecule has 0 unspecified atom stereocenters. The fourth-order valence-corrected chi connectivity index (χ4v) is 4.67. The molecule has 0 bridgehead atoms. The summed E-state index contributed by atoms with van der Waals surface area (Å²) >= 11 is 0. The van der Waals surface area contributed by atoms with Crippen LogP contribution in [-0.2, 0) is 10.8 Å². The fraction of sp³-hybridized carbons (Fsp3) is 0.357. The molecular weight excluding hydrogens is 501 g/mol. The quantitative estimate of drug-likeness (QED) is 0.217. The van der Waals surface area contributed by atoms with E-state index in [2.05, 4.69) is 4.74 Å². The van der Waals surface area contributed by atoms with E-state index in [1.165, 1.54) is 0 Å². The van der Waals surface area contributed by atoms with Gasteiger partial charge in [0, 0.05) is 30.9 Å². The largest absolute Gasteiger partial charge is 0.429 e. The lowest BCUT2D eigenvalue weighted by molar-refractivity contribution is -0.187. The van der Waals surface area contributed by atoms with Crippen molar-refractivity contribution >= 4 is 0 Å². The van der Waals surface area contributed by atoms with Crippen molar-refractivity contribution in [2.24, 2.45) is 5.92 Å². The molecule has 0 heterocycles. The molecule has 2 nitrogen and oxygen atoms in total. The molecule has 0 saturated heterocycles. The monoisotopic (exact) mass is 526 g/mol. The summed E-state index contributed by atoms with van der Waals surface area (Å²) in [6, 6.07) is 8.84. The highest BCUT2D eigenvalue weighted by Gasteiger charge is 2.40. The predicted octanol–water partition coefficient (Wildman–Crippen LogP) is 8.49. The van der Waals surface area contributed by atoms with Crippen molar-refractivity contribution in [1.29, 1.82) is 0 Å². The minimum Gasteiger partial charge on any atom is -0.429 e. The van der Waals surface area contributed by atoms with Crippen LogP contribution in [0.15, 0.2) is 48.5 Å². The minimum atomic E-state index is -4.50. The van der Waals surface area contributed by atoms with E-state index in [1.54, 1.807) is 12.1 Å². The molecule has 9 heteroatoms. The van der Waals surface area contributed by atoms with Gasteiger partial charge in [-0.05, 0) is 61.6 Å². The normalized spacial score (nSPS) is 18.2. The van der Waals surface area contributed by atoms with Gasteiger partial charge in [-0.2, -0.15) is 8.78 Å². The van der Waals surface area contributed by atoms with E-state index < -0.39 is 46.5 Å². The predicted molar refractivity (Wildman–Crippen MR) is 124 cm³/mol. The highest BCUT2D eigenvalue weighted by Crippen LogP contribution is 2.39. The molecule has 37 heavy (non-hydrogen) atoms. The highest BCUT2D eigenvalue weighted by atomic mass is 19.3. The van der Waals surface area contributed by atoms with Gasteiger partial charge >= 0.3 is 6.11 Å². The molecule has 3 aromatic carbocycles. The molecule has 198 valence electrons. The zero-order chi connectivity index (χ0) is 26.7. The molecule has 0 radical (unpaired) electrons. The number of rotatable bonds is 8. The summed E-state index contributed by atoms with van der Waals surface area (Å²) in [7, 11) is 0. The Balaban J connectivity index is 1.50. The van der Waals surface area contributed by atoms with E-state index in [4.69, 9.17) is 4.74 Å². The second-order valence-corrected chi connectivity index (χ2v) is 9.11. The standard InChI is InChI=1S/C28H25F7O2/c1-2-36-15-16-3-5-17(6-4-16)18-7-9-19(10-8-18)21-11-12-22(26(32)25(21)31)28(34,35)37-20-13-23(29)27(33)24(30)14-20/h7-14,16-17H,2-6,15H2,1H3. The van der Waals surface area contributed by atoms with Crippen LogP contribution in [0.1, 0.15) is 49.7 Å². The number of hydrogen-bond donors (Lipinski definition) is 0. The molecule has 0 aromatic heterocycles. The van der Waals surface area contributed by atoms with E-state index in [9.17, 15) is 30.7 Å². The minimum absolute atomic E-state index is 0.182. The van der Waals surface area contributed by atoms with Crippen molar-refractivity contribution in [3.05, 3.63) is 88.7 Å². The third kappa shape index (κ3) is 5.92. The molecule has 1 fully saturated rings. The summed E-state index contributed by atoms with van der Waals surface area (Å²) in [5.41, 5.74) is -0.347. The number of ether oxygens (including phenoxy) is 2. The lowest BCUT2D eigenvalue weighted by atomic mass is 9.79. The molecular formula is C28H25F7O2. The average Bonchev–Trinajstić information content (AvgIpc) is 2.87. The van der Waals surface area contributed by atoms with Gasteiger partial charge in [-0.3, -0.25) is 0 Å². The summed E-state index contributed by atoms with van der Waals surface area (Å²) in [6.07, 6.45) is -0.426. The maximum absolute atomic E-state index is 14.9. The molecule has 4 rings (SSSR count). The first kappa shape index (κ1) is 27.0. The molecule has 1 saturated carbocycles. The Hall–Kier alpha value is -3.07. The van der Waals surface area contributed by atoms with Crippen LogP contribution < -0.4 is 4.74 Å². The number of alkyl halides is 2. The van der Waals surface area contributed by atoms with Crippen molar-refractivity contribution in [2.75, 3.05) is 13.2 Å². The number of halogens is 7. The summed E-state index contributed by atoms with van der Waals surface area (Å²) in [5, 5.41) is 0. The van der Waals surface area contributed by atoms with Gasteiger partial charge in [0.05, 0.1) is 0 Å². The van der Waals surface area contributed by atoms with E-state index in [0.717, 1.165) is 43.9 Å². The van der Waals surface area contributed by atoms with E-state index in [1.807, 2.05) is 19.1 Å². The molecule has 0 spiro atoms. The van der Waals surface area contributed by atoms with Crippen LogP contribution in [0.25, 0.3) is 11.1 Å². The Morgan fingerprint density at radius 3 is 2.00 bits per heavy atom. The summed E-state index contributed by atoms with van der Waals surface area (Å²) in [6.45, 7) is 3.41. The van der Waals surface area contributed by atoms with Gasteiger partial charge in [-0.15, -0.1) is 0 Å². The fourth-order valence-electron chi connectivity index (χ4n) is 4.67. The Kier molecular flexibility index (Phi) is 8.11. The Labute approximate surface area is 210 Å². The van der Waals surface area contributed by atoms with Crippen molar-refractivity contribution in [1.82, 2.24) is 0 Å². The average molecular weight is 526 g/mol. The molecule has 0 aliphatic heterocycles. The maximum Gasteiger partial charge on any atom is 0.429 e. The van der Waals surface area contributed by atoms with Gasteiger partial charge in [0.25, 0.3) is 0 Å².